The second-order valence-corrected chi connectivity index (χ2v) is 9.68. The summed E-state index contributed by atoms with van der Waals surface area (Å²) in [6, 6.07) is 2.29. The van der Waals surface area contributed by atoms with E-state index < -0.39 is 22.8 Å². The number of nitrogens with one attached hydrogen (secondary N) is 1. The van der Waals surface area contributed by atoms with Crippen molar-refractivity contribution in [3.05, 3.63) is 29.0 Å². The smallest absolute Gasteiger partial charge is 0.327 e. The minimum Gasteiger partial charge on any atom is -0.480 e. The van der Waals surface area contributed by atoms with Gasteiger partial charge in [0.1, 0.15) is 23.2 Å². The highest BCUT2D eigenvalue weighted by Crippen LogP contribution is 2.50. The Morgan fingerprint density at radius 1 is 1.36 bits per heavy atom. The number of aryl methyl sites for hydroxylation is 2. The lowest BCUT2D eigenvalue weighted by Gasteiger charge is -2.43. The average molecular weight is 403 g/mol. The fraction of sp³-hybridized carbons (Fsp3) is 0.474. The number of fused-ring (bicyclic) bond motifs is 2. The molecule has 9 heteroatoms. The lowest BCUT2D eigenvalue weighted by atomic mass is 9.96. The summed E-state index contributed by atoms with van der Waals surface area (Å²) in [6.07, 6.45) is -0.0111. The summed E-state index contributed by atoms with van der Waals surface area (Å²) in [4.78, 5) is 38.0. The SMILES string of the molecule is Cc1cc(C)c2onc(CC(=O)N[C@@H]3C(=O)N4[C@@H]3SC(C)(C)[C@@H]4C(=O)O)c2c1. The Morgan fingerprint density at radius 3 is 2.75 bits per heavy atom. The van der Waals surface area contributed by atoms with E-state index in [2.05, 4.69) is 10.5 Å². The molecule has 0 unspecified atom stereocenters. The van der Waals surface area contributed by atoms with Crippen LogP contribution in [0.15, 0.2) is 16.7 Å². The van der Waals surface area contributed by atoms with E-state index in [1.54, 1.807) is 13.8 Å². The molecule has 0 spiro atoms. The van der Waals surface area contributed by atoms with Gasteiger partial charge in [0.25, 0.3) is 0 Å². The summed E-state index contributed by atoms with van der Waals surface area (Å²) in [5.41, 5.74) is 3.16. The van der Waals surface area contributed by atoms with E-state index in [1.807, 2.05) is 26.0 Å². The Balaban J connectivity index is 1.49. The summed E-state index contributed by atoms with van der Waals surface area (Å²) in [7, 11) is 0. The molecule has 0 radical (unpaired) electrons. The van der Waals surface area contributed by atoms with Crippen LogP contribution in [-0.4, -0.2) is 55.2 Å². The molecule has 148 valence electrons. The second-order valence-electron chi connectivity index (χ2n) is 7.91. The number of benzene rings is 1. The number of amides is 2. The minimum absolute atomic E-state index is 0.0111. The first-order valence-electron chi connectivity index (χ1n) is 8.98. The van der Waals surface area contributed by atoms with Gasteiger partial charge in [-0.05, 0) is 44.9 Å². The molecule has 0 aliphatic carbocycles. The van der Waals surface area contributed by atoms with Gasteiger partial charge in [-0.25, -0.2) is 4.79 Å². The van der Waals surface area contributed by atoms with Gasteiger partial charge in [-0.3, -0.25) is 9.59 Å². The standard InChI is InChI=1S/C19H21N3O5S/c1-8-5-9(2)14-10(6-8)11(21-27-14)7-12(23)20-13-16(24)22-15(18(25)26)19(3,4)28-17(13)22/h5-6,13,15,17H,7H2,1-4H3,(H,20,23)(H,25,26)/t13-,15+,17-/m1/s1. The van der Waals surface area contributed by atoms with Gasteiger partial charge in [0, 0.05) is 10.1 Å². The molecule has 2 aliphatic rings. The van der Waals surface area contributed by atoms with Crippen molar-refractivity contribution in [1.82, 2.24) is 15.4 Å². The van der Waals surface area contributed by atoms with E-state index >= 15 is 0 Å². The molecule has 0 bridgehead atoms. The normalized spacial score (nSPS) is 25.5. The highest BCUT2D eigenvalue weighted by molar-refractivity contribution is 8.01. The van der Waals surface area contributed by atoms with Crippen molar-refractivity contribution in [2.24, 2.45) is 0 Å². The van der Waals surface area contributed by atoms with Crippen molar-refractivity contribution in [1.29, 1.82) is 0 Å². The van der Waals surface area contributed by atoms with E-state index in [9.17, 15) is 19.5 Å². The van der Waals surface area contributed by atoms with Gasteiger partial charge in [0.2, 0.25) is 11.8 Å². The number of carboxylic acids is 1. The number of aliphatic carboxylic acids is 1. The third-order valence-corrected chi connectivity index (χ3v) is 6.87. The van der Waals surface area contributed by atoms with Crippen molar-refractivity contribution in [2.75, 3.05) is 0 Å². The van der Waals surface area contributed by atoms with Crippen molar-refractivity contribution in [2.45, 2.75) is 56.3 Å². The Labute approximate surface area is 165 Å². The van der Waals surface area contributed by atoms with Crippen LogP contribution in [0, 0.1) is 13.8 Å². The van der Waals surface area contributed by atoms with Crippen molar-refractivity contribution in [3.8, 4) is 0 Å². The molecule has 8 nitrogen and oxygen atoms in total. The number of hydrogen-bond donors (Lipinski definition) is 2. The number of aromatic nitrogens is 1. The average Bonchev–Trinajstić information content (AvgIpc) is 3.09. The number of rotatable bonds is 4. The first kappa shape index (κ1) is 18.8. The molecule has 2 fully saturated rings. The molecule has 28 heavy (non-hydrogen) atoms. The third kappa shape index (κ3) is 2.76. The van der Waals surface area contributed by atoms with Gasteiger partial charge in [-0.15, -0.1) is 11.8 Å². The highest BCUT2D eigenvalue weighted by Gasteiger charge is 2.64. The summed E-state index contributed by atoms with van der Waals surface area (Å²) >= 11 is 1.40. The van der Waals surface area contributed by atoms with E-state index in [1.165, 1.54) is 16.7 Å². The molecular formula is C19H21N3O5S. The van der Waals surface area contributed by atoms with Crippen LogP contribution >= 0.6 is 11.8 Å². The lowest BCUT2D eigenvalue weighted by molar-refractivity contribution is -0.161. The Bertz CT molecular complexity index is 1010. The topological polar surface area (TPSA) is 113 Å². The van der Waals surface area contributed by atoms with Crippen LogP contribution in [0.25, 0.3) is 11.0 Å². The van der Waals surface area contributed by atoms with Gasteiger partial charge in [-0.1, -0.05) is 11.2 Å². The summed E-state index contributed by atoms with van der Waals surface area (Å²) in [6.45, 7) is 7.48. The molecular weight excluding hydrogens is 382 g/mol. The number of carboxylic acid groups (broad SMARTS) is 1. The van der Waals surface area contributed by atoms with Crippen molar-refractivity contribution >= 4 is 40.5 Å². The van der Waals surface area contributed by atoms with E-state index in [0.29, 0.717) is 11.3 Å². The number of thioether (sulfide) groups is 1. The van der Waals surface area contributed by atoms with Crippen LogP contribution in [0.1, 0.15) is 30.7 Å². The molecule has 1 aromatic heterocycles. The zero-order chi connectivity index (χ0) is 20.4. The van der Waals surface area contributed by atoms with Gasteiger partial charge in [0.05, 0.1) is 6.42 Å². The predicted octanol–water partition coefficient (Wildman–Crippen LogP) is 1.62. The molecule has 2 amide bonds. The van der Waals surface area contributed by atoms with E-state index in [0.717, 1.165) is 16.5 Å². The maximum atomic E-state index is 12.5. The predicted molar refractivity (Wildman–Crippen MR) is 103 cm³/mol. The second kappa shape index (κ2) is 6.23. The number of β-lactam (4-membered cyclic amide) rings is 1. The monoisotopic (exact) mass is 403 g/mol. The summed E-state index contributed by atoms with van der Waals surface area (Å²) < 4.78 is 4.74. The fourth-order valence-corrected chi connectivity index (χ4v) is 5.71. The zero-order valence-corrected chi connectivity index (χ0v) is 16.8. The minimum atomic E-state index is -1.03. The van der Waals surface area contributed by atoms with E-state index in [4.69, 9.17) is 4.52 Å². The highest BCUT2D eigenvalue weighted by atomic mass is 32.2. The Kier molecular flexibility index (Phi) is 4.18. The van der Waals surface area contributed by atoms with Crippen LogP contribution in [0.3, 0.4) is 0 Å². The van der Waals surface area contributed by atoms with E-state index in [-0.39, 0.29) is 23.6 Å². The quantitative estimate of drug-likeness (QED) is 0.746. The van der Waals surface area contributed by atoms with Gasteiger partial charge in [0.15, 0.2) is 5.58 Å². The Hall–Kier alpha value is -2.55. The van der Waals surface area contributed by atoms with Crippen LogP contribution in [0.2, 0.25) is 0 Å². The van der Waals surface area contributed by atoms with Crippen LogP contribution in [0.5, 0.6) is 0 Å². The van der Waals surface area contributed by atoms with Crippen molar-refractivity contribution in [3.63, 3.8) is 0 Å². The lowest BCUT2D eigenvalue weighted by Crippen LogP contribution is -2.70. The van der Waals surface area contributed by atoms with Crippen LogP contribution in [0.4, 0.5) is 0 Å². The van der Waals surface area contributed by atoms with Crippen LogP contribution in [-0.2, 0) is 20.8 Å². The fourth-order valence-electron chi connectivity index (χ4n) is 4.09. The maximum absolute atomic E-state index is 12.5. The molecule has 1 aromatic carbocycles. The van der Waals surface area contributed by atoms with Gasteiger partial charge < -0.3 is 19.8 Å². The zero-order valence-electron chi connectivity index (χ0n) is 16.0. The summed E-state index contributed by atoms with van der Waals surface area (Å²) in [5, 5.41) is 16.6. The number of nitrogens with zero attached hydrogens (tertiary/aromatic N) is 2. The number of hydrogen-bond acceptors (Lipinski definition) is 6. The third-order valence-electron chi connectivity index (χ3n) is 5.30. The Morgan fingerprint density at radius 2 is 2.07 bits per heavy atom. The maximum Gasteiger partial charge on any atom is 0.327 e. The number of carbonyl (C=O) groups is 3. The molecule has 2 saturated heterocycles. The molecule has 0 saturated carbocycles. The first-order chi connectivity index (χ1) is 13.1. The number of carbonyl (C=O) groups excluding carboxylic acids is 2. The summed E-state index contributed by atoms with van der Waals surface area (Å²) in [5.74, 6) is -1.73. The molecule has 4 rings (SSSR count). The first-order valence-corrected chi connectivity index (χ1v) is 9.86. The molecule has 3 heterocycles. The van der Waals surface area contributed by atoms with Gasteiger partial charge >= 0.3 is 5.97 Å². The van der Waals surface area contributed by atoms with Crippen LogP contribution < -0.4 is 5.32 Å². The van der Waals surface area contributed by atoms with Gasteiger partial charge in [-0.2, -0.15) is 0 Å². The van der Waals surface area contributed by atoms with Crippen molar-refractivity contribution < 1.29 is 24.0 Å². The molecule has 2 N–H and O–H groups in total. The molecule has 2 aliphatic heterocycles. The largest absolute Gasteiger partial charge is 0.480 e. The molecule has 2 aromatic rings. The molecule has 3 atom stereocenters.